The van der Waals surface area contributed by atoms with Gasteiger partial charge in [0.2, 0.25) is 18.6 Å². The topological polar surface area (TPSA) is 136 Å². The zero-order valence-corrected chi connectivity index (χ0v) is 23.8. The van der Waals surface area contributed by atoms with E-state index < -0.39 is 18.0 Å². The van der Waals surface area contributed by atoms with E-state index in [4.69, 9.17) is 14.2 Å². The molecule has 5 rings (SSSR count). The molecule has 3 aromatic rings. The van der Waals surface area contributed by atoms with Crippen molar-refractivity contribution in [3.63, 3.8) is 0 Å². The van der Waals surface area contributed by atoms with Gasteiger partial charge in [-0.2, -0.15) is 0 Å². The van der Waals surface area contributed by atoms with Crippen LogP contribution in [0.2, 0.25) is 0 Å². The molecule has 1 atom stereocenters. The van der Waals surface area contributed by atoms with Gasteiger partial charge >= 0.3 is 6.03 Å². The summed E-state index contributed by atoms with van der Waals surface area (Å²) in [5, 5.41) is 8.63. The van der Waals surface area contributed by atoms with E-state index in [1.807, 2.05) is 48.9 Å². The van der Waals surface area contributed by atoms with Crippen molar-refractivity contribution in [3.8, 4) is 28.6 Å². The lowest BCUT2D eigenvalue weighted by molar-refractivity contribution is -0.129. The standard InChI is InChI=1S/C30H36N6O6/c1-20(2)15-24-29(38)32-10-13-35-12-9-31-28(35)21-5-3-6-23(16-21)40-14-4-11-36(18-27(37)34-24)30(39)33-22-7-8-25-26(17-22)42-19-41-25/h3,5-9,12,16-17,20,24H,4,10-11,13-15,18-19H2,1-2H3,(H,32,38)(H,33,39)(H,34,37)/t24-/m1/s1. The van der Waals surface area contributed by atoms with Crippen LogP contribution in [0.3, 0.4) is 0 Å². The quantitative estimate of drug-likeness (QED) is 0.436. The summed E-state index contributed by atoms with van der Waals surface area (Å²) in [7, 11) is 0. The second kappa shape index (κ2) is 13.3. The second-order valence-corrected chi connectivity index (χ2v) is 10.6. The molecule has 42 heavy (non-hydrogen) atoms. The van der Waals surface area contributed by atoms with Gasteiger partial charge in [-0.3, -0.25) is 9.59 Å². The van der Waals surface area contributed by atoms with E-state index in [0.29, 0.717) is 55.5 Å². The van der Waals surface area contributed by atoms with Gasteiger partial charge in [0.05, 0.1) is 6.61 Å². The van der Waals surface area contributed by atoms with E-state index in [1.54, 1.807) is 24.4 Å². The van der Waals surface area contributed by atoms with Crippen LogP contribution in [0.15, 0.2) is 54.9 Å². The summed E-state index contributed by atoms with van der Waals surface area (Å²) in [6.07, 6.45) is 4.51. The second-order valence-electron chi connectivity index (χ2n) is 10.6. The van der Waals surface area contributed by atoms with Gasteiger partial charge in [-0.25, -0.2) is 9.78 Å². The highest BCUT2D eigenvalue weighted by Crippen LogP contribution is 2.34. The molecule has 0 saturated heterocycles. The Morgan fingerprint density at radius 3 is 2.81 bits per heavy atom. The molecule has 2 bridgehead atoms. The molecule has 222 valence electrons. The predicted molar refractivity (Wildman–Crippen MR) is 155 cm³/mol. The van der Waals surface area contributed by atoms with Gasteiger partial charge in [0.15, 0.2) is 11.5 Å². The Morgan fingerprint density at radius 2 is 1.95 bits per heavy atom. The van der Waals surface area contributed by atoms with Crippen molar-refractivity contribution in [2.24, 2.45) is 5.92 Å². The van der Waals surface area contributed by atoms with Gasteiger partial charge in [-0.1, -0.05) is 26.0 Å². The summed E-state index contributed by atoms with van der Waals surface area (Å²) < 4.78 is 18.7. The first-order valence-corrected chi connectivity index (χ1v) is 14.1. The maximum atomic E-state index is 13.3. The molecule has 0 aliphatic carbocycles. The zero-order valence-electron chi connectivity index (χ0n) is 23.8. The number of fused-ring (bicyclic) bond motifs is 5. The number of ether oxygens (including phenoxy) is 3. The smallest absolute Gasteiger partial charge is 0.322 e. The number of hydrogen-bond acceptors (Lipinski definition) is 7. The Labute approximate surface area is 244 Å². The molecular formula is C30H36N6O6. The number of nitrogens with one attached hydrogen (secondary N) is 3. The van der Waals surface area contributed by atoms with Gasteiger partial charge < -0.3 is 39.6 Å². The molecule has 0 fully saturated rings. The van der Waals surface area contributed by atoms with Crippen LogP contribution >= 0.6 is 0 Å². The van der Waals surface area contributed by atoms with Gasteiger partial charge in [0, 0.05) is 49.3 Å². The Kier molecular flexibility index (Phi) is 9.10. The summed E-state index contributed by atoms with van der Waals surface area (Å²) in [6.45, 7) is 5.29. The molecule has 0 spiro atoms. The molecule has 2 aliphatic heterocycles. The summed E-state index contributed by atoms with van der Waals surface area (Å²) >= 11 is 0. The third-order valence-corrected chi connectivity index (χ3v) is 6.91. The van der Waals surface area contributed by atoms with E-state index in [2.05, 4.69) is 20.9 Å². The minimum Gasteiger partial charge on any atom is -0.494 e. The number of amides is 4. The van der Waals surface area contributed by atoms with E-state index >= 15 is 0 Å². The zero-order chi connectivity index (χ0) is 29.5. The van der Waals surface area contributed by atoms with Crippen LogP contribution in [0.4, 0.5) is 10.5 Å². The first-order valence-electron chi connectivity index (χ1n) is 14.1. The maximum absolute atomic E-state index is 13.3. The fourth-order valence-electron chi connectivity index (χ4n) is 4.89. The summed E-state index contributed by atoms with van der Waals surface area (Å²) in [6, 6.07) is 11.5. The lowest BCUT2D eigenvalue weighted by atomic mass is 10.0. The number of aromatic nitrogens is 2. The van der Waals surface area contributed by atoms with Crippen molar-refractivity contribution in [2.75, 3.05) is 38.4 Å². The predicted octanol–water partition coefficient (Wildman–Crippen LogP) is 3.24. The van der Waals surface area contributed by atoms with Gasteiger partial charge in [0.1, 0.15) is 24.2 Å². The van der Waals surface area contributed by atoms with E-state index in [-0.39, 0.29) is 31.7 Å². The fraction of sp³-hybridized carbons (Fsp3) is 0.400. The van der Waals surface area contributed by atoms with Crippen LogP contribution in [0.1, 0.15) is 26.7 Å². The Bertz CT molecular complexity index is 1420. The minimum atomic E-state index is -0.738. The first kappa shape index (κ1) is 28.8. The number of nitrogens with zero attached hydrogens (tertiary/aromatic N) is 3. The van der Waals surface area contributed by atoms with Crippen LogP contribution < -0.4 is 30.2 Å². The molecule has 0 radical (unpaired) electrons. The highest BCUT2D eigenvalue weighted by atomic mass is 16.7. The minimum absolute atomic E-state index is 0.121. The lowest BCUT2D eigenvalue weighted by Gasteiger charge is -2.25. The van der Waals surface area contributed by atoms with Crippen molar-refractivity contribution in [2.45, 2.75) is 39.3 Å². The third-order valence-electron chi connectivity index (χ3n) is 6.91. The average molecular weight is 577 g/mol. The number of hydrogen-bond donors (Lipinski definition) is 3. The molecule has 3 N–H and O–H groups in total. The number of carbonyl (C=O) groups is 3. The summed E-state index contributed by atoms with van der Waals surface area (Å²) in [5.41, 5.74) is 1.40. The van der Waals surface area contributed by atoms with Crippen molar-refractivity contribution in [1.29, 1.82) is 0 Å². The maximum Gasteiger partial charge on any atom is 0.322 e. The van der Waals surface area contributed by atoms with Gasteiger partial charge in [-0.15, -0.1) is 0 Å². The monoisotopic (exact) mass is 576 g/mol. The van der Waals surface area contributed by atoms with Crippen molar-refractivity contribution < 1.29 is 28.6 Å². The molecular weight excluding hydrogens is 540 g/mol. The fourth-order valence-corrected chi connectivity index (χ4v) is 4.89. The number of carbonyl (C=O) groups excluding carboxylic acids is 3. The van der Waals surface area contributed by atoms with Crippen LogP contribution in [0, 0.1) is 5.92 Å². The van der Waals surface area contributed by atoms with Gasteiger partial charge in [-0.05, 0) is 43.0 Å². The molecule has 2 aliphatic rings. The number of urea groups is 1. The lowest BCUT2D eigenvalue weighted by Crippen LogP contribution is -2.51. The number of imidazole rings is 1. The van der Waals surface area contributed by atoms with Crippen LogP contribution in [0.25, 0.3) is 11.4 Å². The Morgan fingerprint density at radius 1 is 1.10 bits per heavy atom. The highest BCUT2D eigenvalue weighted by Gasteiger charge is 2.25. The van der Waals surface area contributed by atoms with Crippen LogP contribution in [-0.2, 0) is 16.1 Å². The SMILES string of the molecule is CC(C)C[C@H]1NC(=O)CN(C(=O)Nc2ccc3c(c2)OCO3)CCCOc2cccc(c2)-c2nccn2CCNC1=O. The normalized spacial score (nSPS) is 17.8. The average Bonchev–Trinajstić information content (AvgIpc) is 3.63. The molecule has 0 unspecified atom stereocenters. The Balaban J connectivity index is 1.35. The Hall–Kier alpha value is -4.74. The number of benzene rings is 2. The van der Waals surface area contributed by atoms with Gasteiger partial charge in [0.25, 0.3) is 0 Å². The van der Waals surface area contributed by atoms with Crippen molar-refractivity contribution in [3.05, 3.63) is 54.9 Å². The van der Waals surface area contributed by atoms with Crippen LogP contribution in [-0.4, -0.2) is 71.4 Å². The molecule has 2 aromatic carbocycles. The largest absolute Gasteiger partial charge is 0.494 e. The molecule has 3 heterocycles. The van der Waals surface area contributed by atoms with Crippen LogP contribution in [0.5, 0.6) is 17.2 Å². The summed E-state index contributed by atoms with van der Waals surface area (Å²) in [5.74, 6) is 2.02. The molecule has 4 amide bonds. The molecule has 0 saturated carbocycles. The van der Waals surface area contributed by atoms with E-state index in [1.165, 1.54) is 4.90 Å². The molecule has 12 nitrogen and oxygen atoms in total. The van der Waals surface area contributed by atoms with Crippen molar-refractivity contribution >= 4 is 23.5 Å². The molecule has 12 heteroatoms. The van der Waals surface area contributed by atoms with E-state index in [0.717, 1.165) is 11.4 Å². The highest BCUT2D eigenvalue weighted by molar-refractivity contribution is 5.94. The number of anilines is 1. The van der Waals surface area contributed by atoms with E-state index in [9.17, 15) is 14.4 Å². The number of rotatable bonds is 3. The molecule has 1 aromatic heterocycles. The van der Waals surface area contributed by atoms with Crippen molar-refractivity contribution in [1.82, 2.24) is 25.1 Å². The third kappa shape index (κ3) is 7.31. The summed E-state index contributed by atoms with van der Waals surface area (Å²) in [4.78, 5) is 45.6. The first-order chi connectivity index (χ1) is 20.4.